The van der Waals surface area contributed by atoms with Gasteiger partial charge in [-0.15, -0.1) is 0 Å². The molecule has 0 aromatic heterocycles. The van der Waals surface area contributed by atoms with E-state index in [1.165, 1.54) is 0 Å². The summed E-state index contributed by atoms with van der Waals surface area (Å²) >= 11 is 0. The van der Waals surface area contributed by atoms with Crippen LogP contribution in [0.2, 0.25) is 0 Å². The van der Waals surface area contributed by atoms with E-state index in [1.807, 2.05) is 0 Å². The van der Waals surface area contributed by atoms with E-state index in [4.69, 9.17) is 28.4 Å². The molecule has 0 radical (unpaired) electrons. The summed E-state index contributed by atoms with van der Waals surface area (Å²) < 4.78 is 35.2. The number of phenols is 20. The van der Waals surface area contributed by atoms with Crippen molar-refractivity contribution in [1.82, 2.24) is 0 Å². The minimum absolute atomic E-state index is 0.213. The van der Waals surface area contributed by atoms with E-state index in [0.717, 1.165) is 12.1 Å². The first-order valence-corrected chi connectivity index (χ1v) is 25.1. The molecule has 6 aliphatic rings. The zero-order valence-electron chi connectivity index (χ0n) is 43.3. The Morgan fingerprint density at radius 1 is 0.330 bits per heavy atom. The van der Waals surface area contributed by atoms with E-state index >= 15 is 19.2 Å². The second kappa shape index (κ2) is 19.1. The number of aliphatic hydroxyl groups excluding tert-OH is 1. The molecule has 0 fully saturated rings. The number of cyclic esters (lactones) is 1. The van der Waals surface area contributed by atoms with Gasteiger partial charge in [0.05, 0.1) is 39.8 Å². The number of ether oxygens (including phenoxy) is 6. The summed E-state index contributed by atoms with van der Waals surface area (Å²) in [5, 5.41) is 238. The summed E-state index contributed by atoms with van der Waals surface area (Å²) in [5.74, 6) is -42.4. The number of carbonyl (C=O) groups is 5. The lowest BCUT2D eigenvalue weighted by atomic mass is 9.73. The number of aromatic hydroxyl groups is 20. The normalized spacial score (nSPS) is 20.8. The van der Waals surface area contributed by atoms with Crippen LogP contribution in [0.5, 0.6) is 121 Å². The van der Waals surface area contributed by atoms with E-state index in [2.05, 4.69) is 0 Å². The van der Waals surface area contributed by atoms with Crippen LogP contribution in [0.15, 0.2) is 36.4 Å². The number of carbonyl (C=O) groups excluding carboxylic acids is 5. The van der Waals surface area contributed by atoms with Crippen LogP contribution in [-0.2, 0) is 30.1 Å². The number of phenolic OH excluding ortho intramolecular Hbond substituents is 20. The van der Waals surface area contributed by atoms with Crippen molar-refractivity contribution in [3.63, 3.8) is 0 Å². The summed E-state index contributed by atoms with van der Waals surface area (Å²) in [7, 11) is 0. The molecule has 454 valence electrons. The van der Waals surface area contributed by atoms with Gasteiger partial charge in [0, 0.05) is 68.1 Å². The van der Waals surface area contributed by atoms with Crippen LogP contribution in [0.25, 0.3) is 33.4 Å². The van der Waals surface area contributed by atoms with Crippen molar-refractivity contribution in [3.05, 3.63) is 86.5 Å². The van der Waals surface area contributed by atoms with Gasteiger partial charge in [-0.1, -0.05) is 0 Å². The molecule has 21 N–H and O–H groups in total. The number of hydrogen-bond acceptors (Lipinski definition) is 32. The Hall–Kier alpha value is -12.4. The van der Waals surface area contributed by atoms with Crippen LogP contribution in [0, 0.1) is 0 Å². The Bertz CT molecular complexity index is 4390. The van der Waals surface area contributed by atoms with Gasteiger partial charge in [0.2, 0.25) is 28.7 Å². The van der Waals surface area contributed by atoms with Gasteiger partial charge in [-0.2, -0.15) is 0 Å². The van der Waals surface area contributed by atoms with Crippen LogP contribution in [0.4, 0.5) is 0 Å². The number of aliphatic hydroxyl groups is 1. The highest BCUT2D eigenvalue weighted by molar-refractivity contribution is 6.17. The lowest BCUT2D eigenvalue weighted by Crippen LogP contribution is -2.56. The van der Waals surface area contributed by atoms with Crippen LogP contribution < -0.4 is 4.74 Å². The highest BCUT2D eigenvalue weighted by atomic mass is 16.6. The lowest BCUT2D eigenvalue weighted by molar-refractivity contribution is -0.135. The molecular weight excluding hydrogens is 1180 g/mol. The fourth-order valence-electron chi connectivity index (χ4n) is 11.6. The third kappa shape index (κ3) is 7.70. The largest absolute Gasteiger partial charge is 0.507 e. The first kappa shape index (κ1) is 56.1. The molecule has 0 saturated carbocycles. The summed E-state index contributed by atoms with van der Waals surface area (Å²) in [6.07, 6.45) is -15.9. The van der Waals surface area contributed by atoms with Gasteiger partial charge in [-0.3, -0.25) is 0 Å². The lowest BCUT2D eigenvalue weighted by Gasteiger charge is -2.43. The number of benzene rings is 7. The van der Waals surface area contributed by atoms with Gasteiger partial charge in [0.1, 0.15) is 23.9 Å². The van der Waals surface area contributed by atoms with Crippen molar-refractivity contribution in [3.8, 4) is 154 Å². The molecule has 6 heterocycles. The minimum atomic E-state index is -3.04. The second-order valence-corrected chi connectivity index (χ2v) is 20.4. The Kier molecular flexibility index (Phi) is 12.2. The van der Waals surface area contributed by atoms with Crippen molar-refractivity contribution in [2.75, 3.05) is 6.61 Å². The minimum Gasteiger partial charge on any atom is -0.507 e. The summed E-state index contributed by atoms with van der Waals surface area (Å²) in [4.78, 5) is 75.8. The van der Waals surface area contributed by atoms with E-state index in [9.17, 15) is 112 Å². The van der Waals surface area contributed by atoms with Gasteiger partial charge in [0.25, 0.3) is 0 Å². The van der Waals surface area contributed by atoms with Gasteiger partial charge in [-0.25, -0.2) is 24.0 Å². The Morgan fingerprint density at radius 2 is 0.750 bits per heavy atom. The maximum atomic E-state index is 15.8. The Balaban J connectivity index is 1.21. The van der Waals surface area contributed by atoms with Crippen molar-refractivity contribution < 1.29 is 160 Å². The van der Waals surface area contributed by atoms with Crippen molar-refractivity contribution in [1.29, 1.82) is 0 Å². The van der Waals surface area contributed by atoms with Gasteiger partial charge >= 0.3 is 29.8 Å². The van der Waals surface area contributed by atoms with Crippen molar-refractivity contribution in [2.45, 2.75) is 49.0 Å². The van der Waals surface area contributed by atoms with E-state index < -0.39 is 284 Å². The smallest absolute Gasteiger partial charge is 0.340 e. The topological polar surface area (TPSA) is 566 Å². The molecule has 32 nitrogen and oxygen atoms in total. The standard InChI is InChI=1S/C56H38O32/c57-14-7-21-10(3-20(63)48(84-21)9-1-15(58)35(65)16(59)2-9)34(64)26(14)31-30-33-29(44(74)47(77)45(30)75)28-32-27(42(72)46(76)43(28)73)25-13(6-19(62)38(68)41(25)71)53(79)85-22-8-83-52(78)11-4-17(60)36(66)39(69)23(11)24-12(5-18(61)37(67)40(24)70)54(80)86-49(22)51(88-56(32)82)50(31)87-55(33)81/h1-2,4-7,20,22,31,48-51,57-77H,3,8H2/t20-,22+,31+,48-,49+,50+,51-/m1/s1. The molecule has 0 aliphatic carbocycles. The van der Waals surface area contributed by atoms with Crippen LogP contribution >= 0.6 is 0 Å². The summed E-state index contributed by atoms with van der Waals surface area (Å²) in [6, 6.07) is 3.38. The van der Waals surface area contributed by atoms with Crippen molar-refractivity contribution in [2.24, 2.45) is 0 Å². The molecule has 32 heteroatoms. The summed E-state index contributed by atoms with van der Waals surface area (Å²) in [6.45, 7) is -1.65. The predicted molar refractivity (Wildman–Crippen MR) is 277 cm³/mol. The van der Waals surface area contributed by atoms with E-state index in [1.54, 1.807) is 0 Å². The molecule has 0 saturated heterocycles. The number of hydrogen-bond donors (Lipinski definition) is 21. The zero-order chi connectivity index (χ0) is 63.6. The average molecular weight is 1220 g/mol. The SMILES string of the molecule is O=C1OC[C@@H]2OC(=O)c3cc(O)c(O)c(O)c3-c3c(O)c(O)c(O)c4c3C(=O)O[C@H]([C@H]2OC(=O)c2cc(O)c(O)c(O)c2-c2c1cc(O)c(O)c2O)[C@H]1OC(=O)c2c-4c(O)c(O)c(O)c2[C@@H]1c1c(O)cc2c(c1O)C[C@@H](O)[C@@H](c1cc(O)c(O)c(O)c1)O2. The third-order valence-corrected chi connectivity index (χ3v) is 15.6. The summed E-state index contributed by atoms with van der Waals surface area (Å²) in [5.41, 5.74) is -17.9. The van der Waals surface area contributed by atoms with E-state index in [-0.39, 0.29) is 17.7 Å². The van der Waals surface area contributed by atoms with Crippen LogP contribution in [0.1, 0.15) is 86.1 Å². The average Bonchev–Trinajstić information content (AvgIpc) is 0.869. The molecular formula is C56H38O32. The maximum absolute atomic E-state index is 15.8. The molecule has 0 unspecified atom stereocenters. The van der Waals surface area contributed by atoms with Crippen LogP contribution in [-0.4, -0.2) is 174 Å². The number of rotatable bonds is 2. The van der Waals surface area contributed by atoms with Gasteiger partial charge in [0.15, 0.2) is 105 Å². The van der Waals surface area contributed by atoms with Gasteiger partial charge in [-0.05, 0) is 30.3 Å². The van der Waals surface area contributed by atoms with Crippen LogP contribution in [0.3, 0.4) is 0 Å². The molecule has 0 spiro atoms. The Morgan fingerprint density at radius 3 is 1.30 bits per heavy atom. The quantitative estimate of drug-likeness (QED) is 0.0672. The first-order valence-electron chi connectivity index (χ1n) is 25.1. The van der Waals surface area contributed by atoms with Gasteiger partial charge < -0.3 is 136 Å². The Labute approximate surface area is 484 Å². The highest BCUT2D eigenvalue weighted by Gasteiger charge is 2.57. The highest BCUT2D eigenvalue weighted by Crippen LogP contribution is 2.64. The predicted octanol–water partition coefficient (Wildman–Crippen LogP) is 2.98. The fourth-order valence-corrected chi connectivity index (χ4v) is 11.6. The maximum Gasteiger partial charge on any atom is 0.340 e. The number of esters is 5. The molecule has 6 bridgehead atoms. The molecule has 88 heavy (non-hydrogen) atoms. The number of fused-ring (bicyclic) bond motifs is 8. The first-order chi connectivity index (χ1) is 41.5. The molecule has 6 aliphatic heterocycles. The molecule has 0 amide bonds. The van der Waals surface area contributed by atoms with E-state index in [0.29, 0.717) is 12.1 Å². The zero-order valence-corrected chi connectivity index (χ0v) is 43.3. The monoisotopic (exact) mass is 1220 g/mol. The molecule has 7 aromatic carbocycles. The van der Waals surface area contributed by atoms with Crippen molar-refractivity contribution >= 4 is 29.8 Å². The second-order valence-electron chi connectivity index (χ2n) is 20.4. The molecule has 7 aromatic rings. The molecule has 13 rings (SSSR count). The fraction of sp³-hybridized carbons (Fsp3) is 0.161. The third-order valence-electron chi connectivity index (χ3n) is 15.6. The molecule has 7 atom stereocenters.